The molecule has 0 aliphatic heterocycles. The average molecular weight is 446 g/mol. The average Bonchev–Trinajstić information content (AvgIpc) is 2.73. The standard InChI is InChI=1S/C24H35N3O3S/c1-6-27(7-2)26-25-23-18-20(5)13-16-24(23)31(28,29)30-22(17-19(3)4)15-14-21-11-9-8-10-12-21/h8-13,16,18-19,22H,6-7,14-15,17H2,1-5H3. The van der Waals surface area contributed by atoms with Crippen LogP contribution in [0.2, 0.25) is 0 Å². The van der Waals surface area contributed by atoms with Gasteiger partial charge in [-0.1, -0.05) is 55.5 Å². The number of benzene rings is 2. The van der Waals surface area contributed by atoms with Gasteiger partial charge in [-0.25, -0.2) is 0 Å². The molecule has 0 bridgehead atoms. The maximum atomic E-state index is 13.2. The number of nitrogens with zero attached hydrogens (tertiary/aromatic N) is 3. The molecule has 2 rings (SSSR count). The summed E-state index contributed by atoms with van der Waals surface area (Å²) in [7, 11) is -3.99. The van der Waals surface area contributed by atoms with Crippen LogP contribution in [-0.4, -0.2) is 32.6 Å². The predicted molar refractivity (Wildman–Crippen MR) is 125 cm³/mol. The van der Waals surface area contributed by atoms with Crippen LogP contribution in [0.1, 0.15) is 51.7 Å². The van der Waals surface area contributed by atoms with Crippen LogP contribution in [0.5, 0.6) is 0 Å². The molecule has 0 aliphatic carbocycles. The van der Waals surface area contributed by atoms with Gasteiger partial charge in [-0.2, -0.15) is 8.42 Å². The molecular weight excluding hydrogens is 410 g/mol. The molecule has 6 nitrogen and oxygen atoms in total. The van der Waals surface area contributed by atoms with E-state index in [4.69, 9.17) is 4.18 Å². The fourth-order valence-corrected chi connectivity index (χ4v) is 4.54. The molecule has 31 heavy (non-hydrogen) atoms. The Morgan fingerprint density at radius 2 is 1.71 bits per heavy atom. The molecule has 0 saturated carbocycles. The first-order valence-electron chi connectivity index (χ1n) is 11.0. The first kappa shape index (κ1) is 25.0. The van der Waals surface area contributed by atoms with Crippen molar-refractivity contribution >= 4 is 15.8 Å². The van der Waals surface area contributed by atoms with Gasteiger partial charge in [-0.3, -0.25) is 9.19 Å². The molecule has 7 heteroatoms. The SMILES string of the molecule is CCN(CC)N=Nc1cc(C)ccc1S(=O)(=O)OC(CCc1ccccc1)CC(C)C. The molecule has 0 amide bonds. The second-order valence-corrected chi connectivity index (χ2v) is 9.67. The highest BCUT2D eigenvalue weighted by atomic mass is 32.2. The lowest BCUT2D eigenvalue weighted by Gasteiger charge is -2.20. The van der Waals surface area contributed by atoms with E-state index in [1.54, 1.807) is 23.2 Å². The summed E-state index contributed by atoms with van der Waals surface area (Å²) in [6.45, 7) is 11.4. The summed E-state index contributed by atoms with van der Waals surface area (Å²) in [5, 5.41) is 10.2. The summed E-state index contributed by atoms with van der Waals surface area (Å²) in [5.41, 5.74) is 2.38. The Hall–Kier alpha value is -2.25. The second kappa shape index (κ2) is 12.0. The van der Waals surface area contributed by atoms with E-state index in [1.807, 2.05) is 51.1 Å². The van der Waals surface area contributed by atoms with Gasteiger partial charge in [0.05, 0.1) is 6.10 Å². The highest BCUT2D eigenvalue weighted by Gasteiger charge is 2.25. The fourth-order valence-electron chi connectivity index (χ4n) is 3.31. The minimum atomic E-state index is -3.99. The summed E-state index contributed by atoms with van der Waals surface area (Å²) in [6, 6.07) is 15.1. The Bertz CT molecular complexity index is 940. The van der Waals surface area contributed by atoms with Crippen LogP contribution in [0.25, 0.3) is 0 Å². The molecule has 0 fully saturated rings. The van der Waals surface area contributed by atoms with Crippen molar-refractivity contribution in [3.05, 3.63) is 59.7 Å². The van der Waals surface area contributed by atoms with Gasteiger partial charge in [-0.05, 0) is 69.2 Å². The third-order valence-corrected chi connectivity index (χ3v) is 6.40. The van der Waals surface area contributed by atoms with E-state index in [9.17, 15) is 8.42 Å². The van der Waals surface area contributed by atoms with E-state index < -0.39 is 16.2 Å². The first-order valence-corrected chi connectivity index (χ1v) is 12.4. The Balaban J connectivity index is 2.26. The van der Waals surface area contributed by atoms with E-state index in [1.165, 1.54) is 5.56 Å². The molecule has 0 saturated heterocycles. The van der Waals surface area contributed by atoms with E-state index in [2.05, 4.69) is 24.2 Å². The lowest BCUT2D eigenvalue weighted by molar-refractivity contribution is 0.172. The van der Waals surface area contributed by atoms with Crippen molar-refractivity contribution in [3.63, 3.8) is 0 Å². The van der Waals surface area contributed by atoms with Gasteiger partial charge in [0.2, 0.25) is 0 Å². The number of aryl methyl sites for hydroxylation is 2. The fraction of sp³-hybridized carbons (Fsp3) is 0.500. The summed E-state index contributed by atoms with van der Waals surface area (Å²) in [6.07, 6.45) is 1.65. The van der Waals surface area contributed by atoms with Gasteiger partial charge in [-0.15, -0.1) is 5.11 Å². The van der Waals surface area contributed by atoms with Crippen LogP contribution in [0.15, 0.2) is 63.8 Å². The Morgan fingerprint density at radius 1 is 1.03 bits per heavy atom. The third kappa shape index (κ3) is 8.07. The molecule has 2 aromatic carbocycles. The Kier molecular flexibility index (Phi) is 9.65. The van der Waals surface area contributed by atoms with Crippen LogP contribution in [0, 0.1) is 12.8 Å². The van der Waals surface area contributed by atoms with Crippen LogP contribution in [0.4, 0.5) is 5.69 Å². The van der Waals surface area contributed by atoms with Crippen molar-refractivity contribution in [1.82, 2.24) is 5.01 Å². The largest absolute Gasteiger partial charge is 0.299 e. The van der Waals surface area contributed by atoms with Gasteiger partial charge in [0.15, 0.2) is 0 Å². The van der Waals surface area contributed by atoms with Gasteiger partial charge in [0.25, 0.3) is 10.1 Å². The molecule has 1 unspecified atom stereocenters. The number of hydrogen-bond acceptors (Lipinski definition) is 5. The molecule has 1 atom stereocenters. The normalized spacial score (nSPS) is 13.1. The molecule has 0 aromatic heterocycles. The molecule has 2 aromatic rings. The molecule has 0 N–H and O–H groups in total. The zero-order chi connectivity index (χ0) is 22.9. The van der Waals surface area contributed by atoms with Crippen LogP contribution >= 0.6 is 0 Å². The molecule has 0 spiro atoms. The van der Waals surface area contributed by atoms with E-state index in [-0.39, 0.29) is 4.90 Å². The summed E-state index contributed by atoms with van der Waals surface area (Å²) in [5.74, 6) is 0.316. The Morgan fingerprint density at radius 3 is 2.32 bits per heavy atom. The molecular formula is C24H35N3O3S. The van der Waals surface area contributed by atoms with Crippen molar-refractivity contribution in [3.8, 4) is 0 Å². The maximum Gasteiger partial charge on any atom is 0.299 e. The summed E-state index contributed by atoms with van der Waals surface area (Å²) in [4.78, 5) is 0.0578. The number of rotatable bonds is 12. The van der Waals surface area contributed by atoms with Crippen molar-refractivity contribution in [2.45, 2.75) is 64.9 Å². The van der Waals surface area contributed by atoms with Crippen LogP contribution in [-0.2, 0) is 20.7 Å². The molecule has 170 valence electrons. The van der Waals surface area contributed by atoms with E-state index >= 15 is 0 Å². The smallest absolute Gasteiger partial charge is 0.279 e. The quantitative estimate of drug-likeness (QED) is 0.225. The van der Waals surface area contributed by atoms with Crippen LogP contribution in [0.3, 0.4) is 0 Å². The zero-order valence-corrected chi connectivity index (χ0v) is 20.1. The lowest BCUT2D eigenvalue weighted by atomic mass is 10.00. The van der Waals surface area contributed by atoms with Gasteiger partial charge < -0.3 is 0 Å². The molecule has 0 aliphatic rings. The second-order valence-electron chi connectivity index (χ2n) is 8.13. The minimum absolute atomic E-state index is 0.0578. The molecule has 0 heterocycles. The van der Waals surface area contributed by atoms with E-state index in [0.717, 1.165) is 12.0 Å². The van der Waals surface area contributed by atoms with Crippen molar-refractivity contribution in [2.24, 2.45) is 16.3 Å². The number of hydrogen-bond donors (Lipinski definition) is 0. The monoisotopic (exact) mass is 445 g/mol. The lowest BCUT2D eigenvalue weighted by Crippen LogP contribution is -2.21. The van der Waals surface area contributed by atoms with Crippen molar-refractivity contribution in [1.29, 1.82) is 0 Å². The van der Waals surface area contributed by atoms with Gasteiger partial charge in [0, 0.05) is 13.1 Å². The van der Waals surface area contributed by atoms with Crippen LogP contribution < -0.4 is 0 Å². The minimum Gasteiger partial charge on any atom is -0.279 e. The van der Waals surface area contributed by atoms with Gasteiger partial charge in [0.1, 0.15) is 10.6 Å². The Labute approximate surface area is 187 Å². The van der Waals surface area contributed by atoms with E-state index in [0.29, 0.717) is 37.5 Å². The van der Waals surface area contributed by atoms with Crippen molar-refractivity contribution in [2.75, 3.05) is 13.1 Å². The third-order valence-electron chi connectivity index (χ3n) is 4.99. The predicted octanol–water partition coefficient (Wildman–Crippen LogP) is 6.09. The summed E-state index contributed by atoms with van der Waals surface area (Å²) >= 11 is 0. The zero-order valence-electron chi connectivity index (χ0n) is 19.3. The van der Waals surface area contributed by atoms with Crippen molar-refractivity contribution < 1.29 is 12.6 Å². The maximum absolute atomic E-state index is 13.2. The first-order chi connectivity index (χ1) is 14.7. The van der Waals surface area contributed by atoms with Gasteiger partial charge >= 0.3 is 0 Å². The molecule has 0 radical (unpaired) electrons. The highest BCUT2D eigenvalue weighted by Crippen LogP contribution is 2.30. The topological polar surface area (TPSA) is 71.3 Å². The summed E-state index contributed by atoms with van der Waals surface area (Å²) < 4.78 is 32.2. The highest BCUT2D eigenvalue weighted by molar-refractivity contribution is 7.87.